The van der Waals surface area contributed by atoms with Gasteiger partial charge in [0.05, 0.1) is 24.6 Å². The molecule has 0 saturated carbocycles. The van der Waals surface area contributed by atoms with E-state index < -0.39 is 5.91 Å². The minimum atomic E-state index is -0.597. The number of amides is 2. The monoisotopic (exact) mass is 421 g/mol. The van der Waals surface area contributed by atoms with Gasteiger partial charge in [-0.25, -0.2) is 0 Å². The second kappa shape index (κ2) is 10.1. The van der Waals surface area contributed by atoms with Crippen molar-refractivity contribution >= 4 is 23.2 Å². The topological polar surface area (TPSA) is 104 Å². The van der Waals surface area contributed by atoms with Gasteiger partial charge >= 0.3 is 5.91 Å². The Morgan fingerprint density at radius 3 is 1.94 bits per heavy atom. The number of hydrogen-bond acceptors (Lipinski definition) is 5. The Bertz CT molecular complexity index is 1070. The molecule has 2 aromatic carbocycles. The third-order valence-corrected chi connectivity index (χ3v) is 4.27. The maximum absolute atomic E-state index is 12.6. The van der Waals surface area contributed by atoms with Gasteiger partial charge in [-0.05, 0) is 32.0 Å². The van der Waals surface area contributed by atoms with E-state index >= 15 is 0 Å². The zero-order chi connectivity index (χ0) is 22.2. The number of rotatable bonds is 8. The Morgan fingerprint density at radius 2 is 1.39 bits per heavy atom. The molecule has 1 aromatic heterocycles. The first-order chi connectivity index (χ1) is 15.0. The molecule has 0 aliphatic carbocycles. The molecule has 0 fully saturated rings. The maximum Gasteiger partial charge on any atom is 0.321 e. The van der Waals surface area contributed by atoms with Crippen LogP contribution in [0, 0.1) is 5.21 Å². The molecule has 0 aliphatic heterocycles. The van der Waals surface area contributed by atoms with Crippen molar-refractivity contribution < 1.29 is 23.8 Å². The third-order valence-electron chi connectivity index (χ3n) is 4.27. The molecule has 2 N–H and O–H groups in total. The SMILES string of the molecule is CCOc1cc(NC(=O)c2cccc[n+]2[O-])c(OCC)cc1NC(=O)c1ccccc1. The summed E-state index contributed by atoms with van der Waals surface area (Å²) in [5, 5.41) is 17.4. The molecule has 8 heteroatoms. The van der Waals surface area contributed by atoms with Crippen LogP contribution in [0.25, 0.3) is 0 Å². The van der Waals surface area contributed by atoms with Crippen LogP contribution in [-0.2, 0) is 0 Å². The van der Waals surface area contributed by atoms with Crippen LogP contribution in [0.2, 0.25) is 0 Å². The van der Waals surface area contributed by atoms with E-state index in [0.29, 0.717) is 46.4 Å². The second-order valence-electron chi connectivity index (χ2n) is 6.40. The Morgan fingerprint density at radius 1 is 0.839 bits per heavy atom. The summed E-state index contributed by atoms with van der Waals surface area (Å²) in [5.41, 5.74) is 1.14. The van der Waals surface area contributed by atoms with Gasteiger partial charge in [0.15, 0.2) is 6.20 Å². The lowest BCUT2D eigenvalue weighted by Crippen LogP contribution is -2.36. The normalized spacial score (nSPS) is 10.3. The minimum Gasteiger partial charge on any atom is -0.618 e. The fraction of sp³-hybridized carbons (Fsp3) is 0.174. The third kappa shape index (κ3) is 5.30. The van der Waals surface area contributed by atoms with Crippen molar-refractivity contribution in [1.29, 1.82) is 0 Å². The predicted octanol–water partition coefficient (Wildman–Crippen LogP) is 3.62. The first-order valence-electron chi connectivity index (χ1n) is 9.83. The summed E-state index contributed by atoms with van der Waals surface area (Å²) in [6.07, 6.45) is 1.24. The van der Waals surface area contributed by atoms with E-state index in [1.165, 1.54) is 18.3 Å². The van der Waals surface area contributed by atoms with E-state index in [0.717, 1.165) is 0 Å². The maximum atomic E-state index is 12.6. The number of ether oxygens (including phenoxy) is 2. The van der Waals surface area contributed by atoms with E-state index in [1.807, 2.05) is 13.0 Å². The van der Waals surface area contributed by atoms with E-state index in [-0.39, 0.29) is 11.6 Å². The number of pyridine rings is 1. The average Bonchev–Trinajstić information content (AvgIpc) is 2.77. The first-order valence-corrected chi connectivity index (χ1v) is 9.83. The number of aromatic nitrogens is 1. The van der Waals surface area contributed by atoms with Crippen LogP contribution >= 0.6 is 0 Å². The predicted molar refractivity (Wildman–Crippen MR) is 117 cm³/mol. The molecular formula is C23H23N3O5. The van der Waals surface area contributed by atoms with E-state index in [2.05, 4.69) is 10.6 Å². The number of nitrogens with zero attached hydrogens (tertiary/aromatic N) is 1. The van der Waals surface area contributed by atoms with Crippen LogP contribution in [0.3, 0.4) is 0 Å². The summed E-state index contributed by atoms with van der Waals surface area (Å²) in [6.45, 7) is 4.28. The highest BCUT2D eigenvalue weighted by Gasteiger charge is 2.20. The van der Waals surface area contributed by atoms with Crippen LogP contribution in [0.1, 0.15) is 34.7 Å². The minimum absolute atomic E-state index is 0.0654. The van der Waals surface area contributed by atoms with Crippen molar-refractivity contribution in [2.45, 2.75) is 13.8 Å². The Hall–Kier alpha value is -4.07. The molecule has 0 atom stereocenters. The lowest BCUT2D eigenvalue weighted by atomic mass is 10.2. The second-order valence-corrected chi connectivity index (χ2v) is 6.40. The largest absolute Gasteiger partial charge is 0.618 e. The van der Waals surface area contributed by atoms with Gasteiger partial charge < -0.3 is 25.3 Å². The lowest BCUT2D eigenvalue weighted by molar-refractivity contribution is -0.607. The van der Waals surface area contributed by atoms with Crippen LogP contribution in [0.5, 0.6) is 11.5 Å². The van der Waals surface area contributed by atoms with Crippen LogP contribution in [-0.4, -0.2) is 25.0 Å². The summed E-state index contributed by atoms with van der Waals surface area (Å²) in [5.74, 6) is -0.220. The van der Waals surface area contributed by atoms with Gasteiger partial charge in [0.1, 0.15) is 11.5 Å². The molecule has 1 heterocycles. The molecule has 0 bridgehead atoms. The first kappa shape index (κ1) is 21.6. The zero-order valence-electron chi connectivity index (χ0n) is 17.3. The summed E-state index contributed by atoms with van der Waals surface area (Å²) in [7, 11) is 0. The molecular weight excluding hydrogens is 398 g/mol. The highest BCUT2D eigenvalue weighted by Crippen LogP contribution is 2.37. The van der Waals surface area contributed by atoms with Gasteiger partial charge in [-0.1, -0.05) is 18.2 Å². The summed E-state index contributed by atoms with van der Waals surface area (Å²) >= 11 is 0. The number of carbonyl (C=O) groups excluding carboxylic acids is 2. The summed E-state index contributed by atoms with van der Waals surface area (Å²) in [6, 6.07) is 16.5. The van der Waals surface area contributed by atoms with E-state index in [4.69, 9.17) is 9.47 Å². The molecule has 0 spiro atoms. The van der Waals surface area contributed by atoms with E-state index in [1.54, 1.807) is 49.4 Å². The summed E-state index contributed by atoms with van der Waals surface area (Å²) in [4.78, 5) is 25.2. The standard InChI is InChI=1S/C23H23N3O5/c1-3-30-20-15-18(25-23(28)19-12-8-9-13-26(19)29)21(31-4-2)14-17(20)24-22(27)16-10-6-5-7-11-16/h5-15H,3-4H2,1-2H3,(H,24,27)(H,25,28). The van der Waals surface area contributed by atoms with Gasteiger partial charge in [-0.3, -0.25) is 9.59 Å². The van der Waals surface area contributed by atoms with Gasteiger partial charge in [0, 0.05) is 29.8 Å². The van der Waals surface area contributed by atoms with Crippen molar-refractivity contribution in [2.24, 2.45) is 0 Å². The number of benzene rings is 2. The van der Waals surface area contributed by atoms with Crippen molar-refractivity contribution in [3.63, 3.8) is 0 Å². The van der Waals surface area contributed by atoms with Crippen LogP contribution in [0.4, 0.5) is 11.4 Å². The lowest BCUT2D eigenvalue weighted by Gasteiger charge is -2.17. The van der Waals surface area contributed by atoms with Gasteiger partial charge in [0.2, 0.25) is 0 Å². The smallest absolute Gasteiger partial charge is 0.321 e. The highest BCUT2D eigenvalue weighted by atomic mass is 16.5. The van der Waals surface area contributed by atoms with Gasteiger partial charge in [-0.15, -0.1) is 0 Å². The summed E-state index contributed by atoms with van der Waals surface area (Å²) < 4.78 is 11.8. The molecule has 8 nitrogen and oxygen atoms in total. The van der Waals surface area contributed by atoms with Crippen molar-refractivity contribution in [2.75, 3.05) is 23.8 Å². The molecule has 3 aromatic rings. The fourth-order valence-corrected chi connectivity index (χ4v) is 2.88. The van der Waals surface area contributed by atoms with Crippen LogP contribution < -0.4 is 24.8 Å². The van der Waals surface area contributed by atoms with Crippen molar-refractivity contribution in [1.82, 2.24) is 0 Å². The molecule has 0 saturated heterocycles. The highest BCUT2D eigenvalue weighted by molar-refractivity contribution is 6.06. The van der Waals surface area contributed by atoms with Crippen molar-refractivity contribution in [3.05, 3.63) is 83.3 Å². The molecule has 3 rings (SSSR count). The van der Waals surface area contributed by atoms with Crippen LogP contribution in [0.15, 0.2) is 66.9 Å². The van der Waals surface area contributed by atoms with E-state index in [9.17, 15) is 14.8 Å². The van der Waals surface area contributed by atoms with Gasteiger partial charge in [-0.2, -0.15) is 4.73 Å². The number of anilines is 2. The quantitative estimate of drug-likeness (QED) is 0.427. The van der Waals surface area contributed by atoms with Crippen molar-refractivity contribution in [3.8, 4) is 11.5 Å². The zero-order valence-corrected chi connectivity index (χ0v) is 17.3. The Balaban J connectivity index is 1.94. The number of hydrogen-bond donors (Lipinski definition) is 2. The molecule has 0 aliphatic rings. The molecule has 2 amide bonds. The Labute approximate surface area is 180 Å². The number of nitrogens with one attached hydrogen (secondary N) is 2. The van der Waals surface area contributed by atoms with Gasteiger partial charge in [0.25, 0.3) is 11.6 Å². The Kier molecular flexibility index (Phi) is 7.05. The fourth-order valence-electron chi connectivity index (χ4n) is 2.88. The molecule has 160 valence electrons. The molecule has 0 radical (unpaired) electrons. The number of carbonyl (C=O) groups is 2. The average molecular weight is 421 g/mol. The molecule has 31 heavy (non-hydrogen) atoms. The molecule has 0 unspecified atom stereocenters.